The molecule has 0 fully saturated rings. The molecule has 0 saturated heterocycles. The number of unbranched alkanes of at least 4 members (excludes halogenated alkanes) is 10. The highest BCUT2D eigenvalue weighted by atomic mass is 35.5. The van der Waals surface area contributed by atoms with Crippen LogP contribution in [0.25, 0.3) is 0 Å². The fourth-order valence-corrected chi connectivity index (χ4v) is 7.56. The molecule has 156 valence electrons. The van der Waals surface area contributed by atoms with Crippen LogP contribution in [0, 0.1) is 0 Å². The van der Waals surface area contributed by atoms with Crippen LogP contribution < -0.4 is 12.4 Å². The number of hydrogen-bond donors (Lipinski definition) is 0. The lowest BCUT2D eigenvalue weighted by molar-refractivity contribution is -0.00000575. The molecule has 1 aromatic rings. The Hall–Kier alpha value is -0.320. The van der Waals surface area contributed by atoms with Gasteiger partial charge < -0.3 is 12.4 Å². The third kappa shape index (κ3) is 12.7. The van der Waals surface area contributed by atoms with Crippen LogP contribution >= 0.6 is 7.26 Å². The van der Waals surface area contributed by atoms with E-state index in [-0.39, 0.29) is 12.4 Å². The highest BCUT2D eigenvalue weighted by Gasteiger charge is 2.33. The summed E-state index contributed by atoms with van der Waals surface area (Å²) in [5.41, 5.74) is 1.53. The molecule has 0 saturated carbocycles. The molecule has 1 aromatic carbocycles. The summed E-state index contributed by atoms with van der Waals surface area (Å²) in [6, 6.07) is 11.2. The van der Waals surface area contributed by atoms with E-state index in [1.165, 1.54) is 101 Å². The van der Waals surface area contributed by atoms with E-state index in [0.29, 0.717) is 0 Å². The highest BCUT2D eigenvalue weighted by molar-refractivity contribution is 7.78. The van der Waals surface area contributed by atoms with E-state index in [1.807, 2.05) is 0 Å². The maximum absolute atomic E-state index is 4.34. The van der Waals surface area contributed by atoms with Crippen molar-refractivity contribution in [1.29, 1.82) is 0 Å². The Morgan fingerprint density at radius 3 is 1.59 bits per heavy atom. The number of rotatable bonds is 17. The van der Waals surface area contributed by atoms with E-state index in [4.69, 9.17) is 0 Å². The Balaban J connectivity index is 0.00000676. The summed E-state index contributed by atoms with van der Waals surface area (Å²) in [5, 5.41) is 0. The SMILES string of the molecule is C=C[P+](CCCCCCCC)(CCCCCCCC)Cc1ccccc1.[Cl-]. The number of benzene rings is 1. The van der Waals surface area contributed by atoms with Gasteiger partial charge in [0.15, 0.2) is 0 Å². The zero-order valence-corrected chi connectivity index (χ0v) is 19.8. The molecule has 0 radical (unpaired) electrons. The topological polar surface area (TPSA) is 0 Å². The summed E-state index contributed by atoms with van der Waals surface area (Å²) in [6.07, 6.45) is 21.0. The summed E-state index contributed by atoms with van der Waals surface area (Å²) in [7, 11) is -1.05. The summed E-state index contributed by atoms with van der Waals surface area (Å²) >= 11 is 0. The van der Waals surface area contributed by atoms with Gasteiger partial charge in [-0.15, -0.1) is 0 Å². The number of halogens is 1. The fourth-order valence-electron chi connectivity index (χ4n) is 3.88. The van der Waals surface area contributed by atoms with Gasteiger partial charge in [-0.25, -0.2) is 0 Å². The molecule has 0 N–H and O–H groups in total. The Morgan fingerprint density at radius 2 is 1.15 bits per heavy atom. The zero-order chi connectivity index (χ0) is 18.9. The molecule has 0 amide bonds. The average molecular weight is 411 g/mol. The molecule has 0 bridgehead atoms. The summed E-state index contributed by atoms with van der Waals surface area (Å²) < 4.78 is 0. The van der Waals surface area contributed by atoms with E-state index < -0.39 is 7.26 Å². The molecule has 0 unspecified atom stereocenters. The van der Waals surface area contributed by atoms with E-state index in [0.717, 1.165) is 0 Å². The van der Waals surface area contributed by atoms with Crippen LogP contribution in [0.4, 0.5) is 0 Å². The largest absolute Gasteiger partial charge is 1.00 e. The summed E-state index contributed by atoms with van der Waals surface area (Å²) in [6.45, 7) is 8.94. The summed E-state index contributed by atoms with van der Waals surface area (Å²) in [5.74, 6) is 2.41. The van der Waals surface area contributed by atoms with Crippen molar-refractivity contribution in [2.75, 3.05) is 12.3 Å². The van der Waals surface area contributed by atoms with Gasteiger partial charge in [-0.3, -0.25) is 0 Å². The van der Waals surface area contributed by atoms with Gasteiger partial charge in [0.1, 0.15) is 0 Å². The van der Waals surface area contributed by atoms with Crippen LogP contribution in [0.3, 0.4) is 0 Å². The normalized spacial score (nSPS) is 11.2. The predicted molar refractivity (Wildman–Crippen MR) is 124 cm³/mol. The highest BCUT2D eigenvalue weighted by Crippen LogP contribution is 2.63. The molecule has 0 nitrogen and oxygen atoms in total. The molecule has 27 heavy (non-hydrogen) atoms. The first kappa shape index (κ1) is 26.7. The predicted octanol–water partition coefficient (Wildman–Crippen LogP) is 6.07. The van der Waals surface area contributed by atoms with Gasteiger partial charge >= 0.3 is 0 Å². The first-order valence-corrected chi connectivity index (χ1v) is 13.7. The second kappa shape index (κ2) is 17.8. The van der Waals surface area contributed by atoms with E-state index >= 15 is 0 Å². The van der Waals surface area contributed by atoms with Crippen LogP contribution in [0.15, 0.2) is 42.7 Å². The van der Waals surface area contributed by atoms with Crippen LogP contribution in [0.2, 0.25) is 0 Å². The van der Waals surface area contributed by atoms with Crippen molar-refractivity contribution in [2.24, 2.45) is 0 Å². The van der Waals surface area contributed by atoms with E-state index in [1.54, 1.807) is 0 Å². The molecule has 0 spiro atoms. The standard InChI is InChI=1S/C25H44P.ClH/c1-4-7-9-11-13-18-22-26(6-3,23-19-14-12-10-8-5-2)24-25-20-16-15-17-21-25;/h6,15-17,20-21H,3-5,7-14,18-19,22-24H2,1-2H3;1H/q+1;/p-1. The van der Waals surface area contributed by atoms with Gasteiger partial charge in [0, 0.05) is 7.26 Å². The van der Waals surface area contributed by atoms with Crippen molar-refractivity contribution in [3.8, 4) is 0 Å². The minimum atomic E-state index is -1.05. The van der Waals surface area contributed by atoms with Crippen LogP contribution in [-0.2, 0) is 6.16 Å². The monoisotopic (exact) mass is 410 g/mol. The van der Waals surface area contributed by atoms with Gasteiger partial charge in [-0.2, -0.15) is 0 Å². The maximum Gasteiger partial charge on any atom is 0.0884 e. The van der Waals surface area contributed by atoms with Gasteiger partial charge in [-0.1, -0.05) is 102 Å². The van der Waals surface area contributed by atoms with Crippen molar-refractivity contribution in [2.45, 2.75) is 97.1 Å². The lowest BCUT2D eigenvalue weighted by Crippen LogP contribution is -3.00. The molecular formula is C25H44ClP. The van der Waals surface area contributed by atoms with E-state index in [9.17, 15) is 0 Å². The Labute approximate surface area is 177 Å². The molecule has 0 aromatic heterocycles. The zero-order valence-electron chi connectivity index (χ0n) is 18.1. The quantitative estimate of drug-likeness (QED) is 0.216. The second-order valence-electron chi connectivity index (χ2n) is 8.03. The summed E-state index contributed by atoms with van der Waals surface area (Å²) in [4.78, 5) is 0. The van der Waals surface area contributed by atoms with Crippen molar-refractivity contribution in [3.05, 3.63) is 48.3 Å². The second-order valence-corrected chi connectivity index (χ2v) is 12.0. The van der Waals surface area contributed by atoms with Gasteiger partial charge in [0.2, 0.25) is 0 Å². The average Bonchev–Trinajstić information content (AvgIpc) is 2.68. The first-order valence-electron chi connectivity index (χ1n) is 11.3. The first-order chi connectivity index (χ1) is 12.8. The van der Waals surface area contributed by atoms with Crippen molar-refractivity contribution >= 4 is 7.26 Å². The van der Waals surface area contributed by atoms with Gasteiger partial charge in [0.25, 0.3) is 0 Å². The van der Waals surface area contributed by atoms with Crippen molar-refractivity contribution in [3.63, 3.8) is 0 Å². The minimum absolute atomic E-state index is 0. The number of hydrogen-bond acceptors (Lipinski definition) is 0. The third-order valence-corrected chi connectivity index (χ3v) is 9.82. The lowest BCUT2D eigenvalue weighted by Gasteiger charge is -2.24. The van der Waals surface area contributed by atoms with Crippen molar-refractivity contribution in [1.82, 2.24) is 0 Å². The maximum atomic E-state index is 4.34. The van der Waals surface area contributed by atoms with Crippen molar-refractivity contribution < 1.29 is 12.4 Å². The Morgan fingerprint density at radius 1 is 0.704 bits per heavy atom. The molecule has 0 aliphatic carbocycles. The Kier molecular flexibility index (Phi) is 17.5. The molecule has 0 aliphatic heterocycles. The van der Waals surface area contributed by atoms with Crippen LogP contribution in [0.5, 0.6) is 0 Å². The Bertz CT molecular complexity index is 427. The molecular weight excluding hydrogens is 367 g/mol. The van der Waals surface area contributed by atoms with Gasteiger partial charge in [-0.05, 0) is 31.2 Å². The van der Waals surface area contributed by atoms with E-state index in [2.05, 4.69) is 56.6 Å². The molecule has 0 aliphatic rings. The smallest absolute Gasteiger partial charge is 0.0884 e. The fraction of sp³-hybridized carbons (Fsp3) is 0.680. The molecule has 0 heterocycles. The van der Waals surface area contributed by atoms with Crippen LogP contribution in [-0.4, -0.2) is 12.3 Å². The van der Waals surface area contributed by atoms with Gasteiger partial charge in [0.05, 0.1) is 24.3 Å². The molecule has 1 rings (SSSR count). The van der Waals surface area contributed by atoms with Crippen LogP contribution in [0.1, 0.15) is 96.5 Å². The third-order valence-electron chi connectivity index (χ3n) is 5.64. The molecule has 0 atom stereocenters. The lowest BCUT2D eigenvalue weighted by atomic mass is 10.1. The molecule has 2 heteroatoms. The minimum Gasteiger partial charge on any atom is -1.00 e.